The van der Waals surface area contributed by atoms with Crippen molar-refractivity contribution < 1.29 is 13.6 Å². The van der Waals surface area contributed by atoms with Crippen LogP contribution in [0.5, 0.6) is 0 Å². The van der Waals surface area contributed by atoms with E-state index >= 15 is 0 Å². The maximum atomic E-state index is 13.8. The number of aryl methyl sites for hydroxylation is 4. The summed E-state index contributed by atoms with van der Waals surface area (Å²) in [7, 11) is 0. The number of benzene rings is 1. The molecule has 0 fully saturated rings. The number of carbonyl (C=O) groups is 1. The predicted octanol–water partition coefficient (Wildman–Crippen LogP) is 4.37. The molecule has 1 N–H and O–H groups in total. The first-order chi connectivity index (χ1) is 12.4. The number of carbonyl (C=O) groups excluding carboxylic acids is 1. The first-order valence-electron chi connectivity index (χ1n) is 8.38. The summed E-state index contributed by atoms with van der Waals surface area (Å²) in [6.45, 7) is 5.72. The number of anilines is 1. The van der Waals surface area contributed by atoms with Crippen LogP contribution in [0.15, 0.2) is 40.9 Å². The van der Waals surface area contributed by atoms with Crippen LogP contribution < -0.4 is 5.32 Å². The summed E-state index contributed by atoms with van der Waals surface area (Å²) >= 11 is 0. The van der Waals surface area contributed by atoms with Gasteiger partial charge in [0.25, 0.3) is 0 Å². The normalized spacial score (nSPS) is 10.8. The molecule has 0 saturated carbocycles. The Morgan fingerprint density at radius 2 is 2.00 bits per heavy atom. The molecule has 3 rings (SSSR count). The smallest absolute Gasteiger partial charge is 0.224 e. The van der Waals surface area contributed by atoms with Crippen LogP contribution in [-0.4, -0.2) is 15.9 Å². The summed E-state index contributed by atoms with van der Waals surface area (Å²) in [5, 5.41) is 2.89. The van der Waals surface area contributed by atoms with Gasteiger partial charge in [-0.15, -0.1) is 0 Å². The van der Waals surface area contributed by atoms with Crippen LogP contribution in [0.3, 0.4) is 0 Å². The largest absolute Gasteiger partial charge is 0.441 e. The lowest BCUT2D eigenvalue weighted by Gasteiger charge is -2.11. The summed E-state index contributed by atoms with van der Waals surface area (Å²) in [6, 6.07) is 8.27. The standard InChI is InChI=1S/C20H20FN3O2/c1-12-10-13(2)23-14(3)20(12)24-18(25)8-9-19-22-11-17(26-19)15-6-4-5-7-16(15)21/h4-7,10-11H,8-9H2,1-3H3,(H,24,25). The van der Waals surface area contributed by atoms with Crippen molar-refractivity contribution in [2.24, 2.45) is 0 Å². The van der Waals surface area contributed by atoms with Crippen molar-refractivity contribution >= 4 is 11.6 Å². The molecule has 26 heavy (non-hydrogen) atoms. The third kappa shape index (κ3) is 3.96. The second-order valence-corrected chi connectivity index (χ2v) is 6.19. The number of pyridine rings is 1. The number of hydrogen-bond donors (Lipinski definition) is 1. The second kappa shape index (κ2) is 7.47. The highest BCUT2D eigenvalue weighted by atomic mass is 19.1. The molecular weight excluding hydrogens is 333 g/mol. The summed E-state index contributed by atoms with van der Waals surface area (Å²) in [4.78, 5) is 20.7. The molecule has 0 unspecified atom stereocenters. The molecular formula is C20H20FN3O2. The lowest BCUT2D eigenvalue weighted by atomic mass is 10.1. The molecule has 3 aromatic rings. The van der Waals surface area contributed by atoms with E-state index in [-0.39, 0.29) is 18.1 Å². The number of oxazole rings is 1. The topological polar surface area (TPSA) is 68.0 Å². The predicted molar refractivity (Wildman–Crippen MR) is 97.3 cm³/mol. The van der Waals surface area contributed by atoms with Gasteiger partial charge >= 0.3 is 0 Å². The van der Waals surface area contributed by atoms with E-state index in [1.165, 1.54) is 12.3 Å². The van der Waals surface area contributed by atoms with E-state index in [0.717, 1.165) is 22.6 Å². The van der Waals surface area contributed by atoms with Gasteiger partial charge in [-0.3, -0.25) is 9.78 Å². The van der Waals surface area contributed by atoms with Crippen LogP contribution in [0.1, 0.15) is 29.3 Å². The number of aromatic nitrogens is 2. The average molecular weight is 353 g/mol. The van der Waals surface area contributed by atoms with E-state index in [1.807, 2.05) is 26.8 Å². The van der Waals surface area contributed by atoms with Gasteiger partial charge in [-0.1, -0.05) is 12.1 Å². The Morgan fingerprint density at radius 3 is 2.73 bits per heavy atom. The average Bonchev–Trinajstić information content (AvgIpc) is 3.05. The van der Waals surface area contributed by atoms with Crippen molar-refractivity contribution in [2.75, 3.05) is 5.32 Å². The molecule has 1 aromatic carbocycles. The highest BCUT2D eigenvalue weighted by Crippen LogP contribution is 2.24. The van der Waals surface area contributed by atoms with Gasteiger partial charge in [0.2, 0.25) is 5.91 Å². The van der Waals surface area contributed by atoms with Crippen LogP contribution in [0.4, 0.5) is 10.1 Å². The molecule has 2 aromatic heterocycles. The van der Waals surface area contributed by atoms with E-state index in [4.69, 9.17) is 4.42 Å². The lowest BCUT2D eigenvalue weighted by molar-refractivity contribution is -0.116. The fourth-order valence-electron chi connectivity index (χ4n) is 2.85. The maximum Gasteiger partial charge on any atom is 0.224 e. The Bertz CT molecular complexity index is 927. The van der Waals surface area contributed by atoms with E-state index < -0.39 is 0 Å². The Labute approximate surface area is 151 Å². The van der Waals surface area contributed by atoms with Gasteiger partial charge < -0.3 is 9.73 Å². The highest BCUT2D eigenvalue weighted by Gasteiger charge is 2.13. The molecule has 0 aliphatic heterocycles. The highest BCUT2D eigenvalue weighted by molar-refractivity contribution is 5.92. The summed E-state index contributed by atoms with van der Waals surface area (Å²) in [6.07, 6.45) is 2.02. The summed E-state index contributed by atoms with van der Waals surface area (Å²) in [5.41, 5.74) is 3.77. The van der Waals surface area contributed by atoms with Crippen LogP contribution >= 0.6 is 0 Å². The minimum Gasteiger partial charge on any atom is -0.441 e. The molecule has 6 heteroatoms. The second-order valence-electron chi connectivity index (χ2n) is 6.19. The third-order valence-corrected chi connectivity index (χ3v) is 4.05. The number of nitrogens with zero attached hydrogens (tertiary/aromatic N) is 2. The maximum absolute atomic E-state index is 13.8. The van der Waals surface area contributed by atoms with Crippen molar-refractivity contribution in [3.8, 4) is 11.3 Å². The van der Waals surface area contributed by atoms with Gasteiger partial charge in [0.05, 0.1) is 23.1 Å². The van der Waals surface area contributed by atoms with Crippen LogP contribution in [0, 0.1) is 26.6 Å². The van der Waals surface area contributed by atoms with E-state index in [1.54, 1.807) is 18.2 Å². The molecule has 0 spiro atoms. The van der Waals surface area contributed by atoms with Gasteiger partial charge in [0, 0.05) is 18.5 Å². The Morgan fingerprint density at radius 1 is 1.23 bits per heavy atom. The number of hydrogen-bond acceptors (Lipinski definition) is 4. The van der Waals surface area contributed by atoms with Gasteiger partial charge in [0.1, 0.15) is 5.82 Å². The zero-order chi connectivity index (χ0) is 18.7. The quantitative estimate of drug-likeness (QED) is 0.739. The monoisotopic (exact) mass is 353 g/mol. The summed E-state index contributed by atoms with van der Waals surface area (Å²) < 4.78 is 19.4. The fourth-order valence-corrected chi connectivity index (χ4v) is 2.85. The minimum atomic E-state index is -0.370. The Hall–Kier alpha value is -3.02. The number of rotatable bonds is 5. The zero-order valence-electron chi connectivity index (χ0n) is 15.0. The van der Waals surface area contributed by atoms with E-state index in [0.29, 0.717) is 23.6 Å². The SMILES string of the molecule is Cc1cc(C)c(NC(=O)CCc2ncc(-c3ccccc3F)o2)c(C)n1. The Balaban J connectivity index is 1.63. The van der Waals surface area contributed by atoms with Crippen LogP contribution in [0.25, 0.3) is 11.3 Å². The zero-order valence-corrected chi connectivity index (χ0v) is 15.0. The van der Waals surface area contributed by atoms with Crippen molar-refractivity contribution in [2.45, 2.75) is 33.6 Å². The first-order valence-corrected chi connectivity index (χ1v) is 8.38. The molecule has 0 saturated heterocycles. The van der Waals surface area contributed by atoms with Crippen molar-refractivity contribution in [3.05, 3.63) is 65.2 Å². The Kier molecular flexibility index (Phi) is 5.11. The van der Waals surface area contributed by atoms with Crippen molar-refractivity contribution in [1.82, 2.24) is 9.97 Å². The lowest BCUT2D eigenvalue weighted by Crippen LogP contribution is -2.15. The molecule has 2 heterocycles. The molecule has 0 atom stereocenters. The van der Waals surface area contributed by atoms with Crippen molar-refractivity contribution in [1.29, 1.82) is 0 Å². The molecule has 0 aliphatic carbocycles. The molecule has 0 aliphatic rings. The van der Waals surface area contributed by atoms with Gasteiger partial charge in [0.15, 0.2) is 11.7 Å². The third-order valence-electron chi connectivity index (χ3n) is 4.05. The molecule has 0 radical (unpaired) electrons. The minimum absolute atomic E-state index is 0.146. The molecule has 1 amide bonds. The first kappa shape index (κ1) is 17.8. The van der Waals surface area contributed by atoms with Crippen molar-refractivity contribution in [3.63, 3.8) is 0 Å². The fraction of sp³-hybridized carbons (Fsp3) is 0.250. The number of amides is 1. The van der Waals surface area contributed by atoms with Gasteiger partial charge in [-0.25, -0.2) is 9.37 Å². The number of halogens is 1. The van der Waals surface area contributed by atoms with Crippen LogP contribution in [0.2, 0.25) is 0 Å². The van der Waals surface area contributed by atoms with E-state index in [2.05, 4.69) is 15.3 Å². The number of nitrogens with one attached hydrogen (secondary N) is 1. The van der Waals surface area contributed by atoms with Gasteiger partial charge in [-0.2, -0.15) is 0 Å². The van der Waals surface area contributed by atoms with E-state index in [9.17, 15) is 9.18 Å². The molecule has 0 bridgehead atoms. The summed E-state index contributed by atoms with van der Waals surface area (Å²) in [5.74, 6) is 0.236. The molecule has 5 nitrogen and oxygen atoms in total. The molecule has 134 valence electrons. The van der Waals surface area contributed by atoms with Gasteiger partial charge in [-0.05, 0) is 44.5 Å². The van der Waals surface area contributed by atoms with Crippen LogP contribution in [-0.2, 0) is 11.2 Å².